The van der Waals surface area contributed by atoms with Gasteiger partial charge in [0, 0.05) is 19.3 Å². The Morgan fingerprint density at radius 3 is 2.58 bits per heavy atom. The van der Waals surface area contributed by atoms with Gasteiger partial charge in [0.1, 0.15) is 0 Å². The van der Waals surface area contributed by atoms with Crippen LogP contribution in [0.1, 0.15) is 49.9 Å². The lowest BCUT2D eigenvalue weighted by Gasteiger charge is -2.11. The van der Waals surface area contributed by atoms with Crippen LogP contribution in [-0.4, -0.2) is 29.2 Å². The van der Waals surface area contributed by atoms with E-state index >= 15 is 0 Å². The fourth-order valence-electron chi connectivity index (χ4n) is 2.45. The second-order valence-corrected chi connectivity index (χ2v) is 6.20. The van der Waals surface area contributed by atoms with Crippen LogP contribution in [0.5, 0.6) is 0 Å². The molecule has 2 aromatic rings. The summed E-state index contributed by atoms with van der Waals surface area (Å²) in [7, 11) is 0. The minimum Gasteiger partial charge on any atom is -0.357 e. The molecule has 0 amide bonds. The van der Waals surface area contributed by atoms with E-state index < -0.39 is 0 Å². The number of aromatic amines is 1. The molecule has 0 aliphatic rings. The Bertz CT molecular complexity index is 599. The Hall–Kier alpha value is -2.30. The molecule has 0 aliphatic heterocycles. The van der Waals surface area contributed by atoms with Crippen LogP contribution in [0.4, 0.5) is 0 Å². The monoisotopic (exact) mass is 327 g/mol. The van der Waals surface area contributed by atoms with Gasteiger partial charge in [0.05, 0.1) is 12.2 Å². The molecule has 1 aromatic heterocycles. The van der Waals surface area contributed by atoms with Gasteiger partial charge in [-0.1, -0.05) is 38.1 Å². The number of hydrogen-bond donors (Lipinski definition) is 3. The predicted octanol–water partition coefficient (Wildman–Crippen LogP) is 3.22. The Morgan fingerprint density at radius 1 is 1.17 bits per heavy atom. The number of nitrogens with zero attached hydrogens (tertiary/aromatic N) is 2. The van der Waals surface area contributed by atoms with Crippen molar-refractivity contribution in [2.75, 3.05) is 13.1 Å². The molecule has 0 unspecified atom stereocenters. The Labute approximate surface area is 145 Å². The van der Waals surface area contributed by atoms with Crippen molar-refractivity contribution in [1.82, 2.24) is 20.8 Å². The van der Waals surface area contributed by atoms with Crippen molar-refractivity contribution in [3.63, 3.8) is 0 Å². The molecule has 130 valence electrons. The first-order valence-corrected chi connectivity index (χ1v) is 8.78. The fourth-order valence-corrected chi connectivity index (χ4v) is 2.45. The first-order chi connectivity index (χ1) is 11.7. The molecule has 1 heterocycles. The first-order valence-electron chi connectivity index (χ1n) is 8.78. The minimum atomic E-state index is 0.592. The van der Waals surface area contributed by atoms with E-state index in [-0.39, 0.29) is 0 Å². The van der Waals surface area contributed by atoms with Gasteiger partial charge in [0.15, 0.2) is 5.96 Å². The maximum atomic E-state index is 4.55. The summed E-state index contributed by atoms with van der Waals surface area (Å²) in [5.74, 6) is 1.44. The van der Waals surface area contributed by atoms with Crippen molar-refractivity contribution in [2.45, 2.75) is 46.1 Å². The largest absolute Gasteiger partial charge is 0.357 e. The third-order valence-corrected chi connectivity index (χ3v) is 3.89. The van der Waals surface area contributed by atoms with Crippen LogP contribution in [0.15, 0.2) is 41.5 Å². The molecule has 2 rings (SSSR count). The highest BCUT2D eigenvalue weighted by Gasteiger charge is 2.01. The molecule has 5 nitrogen and oxygen atoms in total. The van der Waals surface area contributed by atoms with E-state index in [1.54, 1.807) is 6.20 Å². The van der Waals surface area contributed by atoms with E-state index in [1.807, 2.05) is 6.07 Å². The number of guanidine groups is 1. The smallest absolute Gasteiger partial charge is 0.191 e. The highest BCUT2D eigenvalue weighted by atomic mass is 15.2. The van der Waals surface area contributed by atoms with Crippen LogP contribution < -0.4 is 10.6 Å². The summed E-state index contributed by atoms with van der Waals surface area (Å²) >= 11 is 0. The van der Waals surface area contributed by atoms with Crippen molar-refractivity contribution < 1.29 is 0 Å². The molecule has 0 saturated heterocycles. The highest BCUT2D eigenvalue weighted by Crippen LogP contribution is 2.15. The molecular formula is C19H29N5. The minimum absolute atomic E-state index is 0.592. The quantitative estimate of drug-likeness (QED) is 0.396. The second-order valence-electron chi connectivity index (χ2n) is 6.20. The van der Waals surface area contributed by atoms with Crippen molar-refractivity contribution in [3.05, 3.63) is 53.3 Å². The third kappa shape index (κ3) is 6.07. The molecule has 0 fully saturated rings. The zero-order valence-corrected chi connectivity index (χ0v) is 15.0. The van der Waals surface area contributed by atoms with E-state index in [2.05, 4.69) is 70.9 Å². The SMILES string of the molecule is CCNC(=NCc1ccn[nH]1)NCCCc1ccc(C(C)C)cc1. The molecule has 0 spiro atoms. The highest BCUT2D eigenvalue weighted by molar-refractivity contribution is 5.79. The van der Waals surface area contributed by atoms with E-state index in [9.17, 15) is 0 Å². The maximum Gasteiger partial charge on any atom is 0.191 e. The van der Waals surface area contributed by atoms with Gasteiger partial charge in [-0.25, -0.2) is 4.99 Å². The van der Waals surface area contributed by atoms with Gasteiger partial charge in [-0.3, -0.25) is 5.10 Å². The van der Waals surface area contributed by atoms with Gasteiger partial charge in [0.25, 0.3) is 0 Å². The number of rotatable bonds is 8. The molecule has 0 aliphatic carbocycles. The lowest BCUT2D eigenvalue weighted by atomic mass is 10.0. The lowest BCUT2D eigenvalue weighted by Crippen LogP contribution is -2.37. The van der Waals surface area contributed by atoms with Crippen LogP contribution in [0.25, 0.3) is 0 Å². The molecule has 24 heavy (non-hydrogen) atoms. The number of hydrogen-bond acceptors (Lipinski definition) is 2. The fraction of sp³-hybridized carbons (Fsp3) is 0.474. The van der Waals surface area contributed by atoms with E-state index in [1.165, 1.54) is 11.1 Å². The zero-order chi connectivity index (χ0) is 17.2. The molecular weight excluding hydrogens is 298 g/mol. The number of nitrogens with one attached hydrogen (secondary N) is 3. The second kappa shape index (κ2) is 9.75. The van der Waals surface area contributed by atoms with Crippen LogP contribution in [-0.2, 0) is 13.0 Å². The topological polar surface area (TPSA) is 65.1 Å². The van der Waals surface area contributed by atoms with Gasteiger partial charge < -0.3 is 10.6 Å². The lowest BCUT2D eigenvalue weighted by molar-refractivity contribution is 0.742. The van der Waals surface area contributed by atoms with Gasteiger partial charge >= 0.3 is 0 Å². The van der Waals surface area contributed by atoms with Gasteiger partial charge in [0.2, 0.25) is 0 Å². The average Bonchev–Trinajstić information content (AvgIpc) is 3.10. The molecule has 0 atom stereocenters. The van der Waals surface area contributed by atoms with Gasteiger partial charge in [-0.15, -0.1) is 0 Å². The van der Waals surface area contributed by atoms with Crippen LogP contribution in [0.3, 0.4) is 0 Å². The average molecular weight is 327 g/mol. The molecule has 5 heteroatoms. The first kappa shape index (κ1) is 18.0. The number of aliphatic imine (C=N–C) groups is 1. The number of aryl methyl sites for hydroxylation is 1. The summed E-state index contributed by atoms with van der Waals surface area (Å²) < 4.78 is 0. The maximum absolute atomic E-state index is 4.55. The molecule has 3 N–H and O–H groups in total. The van der Waals surface area contributed by atoms with E-state index in [4.69, 9.17) is 0 Å². The van der Waals surface area contributed by atoms with E-state index in [0.717, 1.165) is 37.6 Å². The van der Waals surface area contributed by atoms with Gasteiger partial charge in [-0.2, -0.15) is 5.10 Å². The summed E-state index contributed by atoms with van der Waals surface area (Å²) in [6.07, 6.45) is 3.90. The Balaban J connectivity index is 1.74. The van der Waals surface area contributed by atoms with Crippen molar-refractivity contribution >= 4 is 5.96 Å². The summed E-state index contributed by atoms with van der Waals surface area (Å²) in [4.78, 5) is 4.55. The summed E-state index contributed by atoms with van der Waals surface area (Å²) in [6, 6.07) is 10.9. The van der Waals surface area contributed by atoms with Crippen molar-refractivity contribution in [2.24, 2.45) is 4.99 Å². The van der Waals surface area contributed by atoms with Gasteiger partial charge in [-0.05, 0) is 42.9 Å². The number of benzene rings is 1. The molecule has 1 aromatic carbocycles. The summed E-state index contributed by atoms with van der Waals surface area (Å²) in [5.41, 5.74) is 3.80. The Morgan fingerprint density at radius 2 is 1.96 bits per heavy atom. The molecule has 0 saturated carbocycles. The molecule has 0 radical (unpaired) electrons. The predicted molar refractivity (Wildman–Crippen MR) is 100 cm³/mol. The number of aromatic nitrogens is 2. The summed E-state index contributed by atoms with van der Waals surface area (Å²) in [6.45, 7) is 8.88. The molecule has 0 bridgehead atoms. The van der Waals surface area contributed by atoms with Crippen LogP contribution in [0.2, 0.25) is 0 Å². The zero-order valence-electron chi connectivity index (χ0n) is 15.0. The van der Waals surface area contributed by atoms with E-state index in [0.29, 0.717) is 12.5 Å². The normalized spacial score (nSPS) is 11.8. The standard InChI is InChI=1S/C19H29N5/c1-4-20-19(22-14-18-11-13-23-24-18)21-12-5-6-16-7-9-17(10-8-16)15(2)3/h7-11,13,15H,4-6,12,14H2,1-3H3,(H,23,24)(H2,20,21,22). The summed E-state index contributed by atoms with van der Waals surface area (Å²) in [5, 5.41) is 13.5. The third-order valence-electron chi connectivity index (χ3n) is 3.89. The van der Waals surface area contributed by atoms with Crippen molar-refractivity contribution in [3.8, 4) is 0 Å². The Kier molecular flexibility index (Phi) is 7.33. The van der Waals surface area contributed by atoms with Crippen LogP contribution >= 0.6 is 0 Å². The van der Waals surface area contributed by atoms with Crippen LogP contribution in [0, 0.1) is 0 Å². The van der Waals surface area contributed by atoms with Crippen molar-refractivity contribution in [1.29, 1.82) is 0 Å². The number of H-pyrrole nitrogens is 1.